The third-order valence-corrected chi connectivity index (χ3v) is 3.92. The smallest absolute Gasteiger partial charge is 0.125 e. The van der Waals surface area contributed by atoms with Gasteiger partial charge in [-0.3, -0.25) is 0 Å². The average molecular weight is 222 g/mol. The van der Waals surface area contributed by atoms with Crippen LogP contribution in [0, 0.1) is 11.7 Å². The third-order valence-electron chi connectivity index (χ3n) is 2.78. The second kappa shape index (κ2) is 3.25. The van der Waals surface area contributed by atoms with Crippen molar-refractivity contribution in [2.45, 2.75) is 18.9 Å². The summed E-state index contributed by atoms with van der Waals surface area (Å²) < 4.78 is 14.0. The maximum Gasteiger partial charge on any atom is 0.125 e. The van der Waals surface area contributed by atoms with Crippen LogP contribution < -0.4 is 5.73 Å². The van der Waals surface area contributed by atoms with Gasteiger partial charge in [-0.2, -0.15) is 0 Å². The van der Waals surface area contributed by atoms with Gasteiger partial charge >= 0.3 is 0 Å². The quantitative estimate of drug-likeness (QED) is 0.848. The van der Waals surface area contributed by atoms with Gasteiger partial charge in [-0.15, -0.1) is 11.3 Å². The van der Waals surface area contributed by atoms with Crippen LogP contribution in [0.1, 0.15) is 23.9 Å². The van der Waals surface area contributed by atoms with Gasteiger partial charge < -0.3 is 5.73 Å². The van der Waals surface area contributed by atoms with Gasteiger partial charge in [-0.25, -0.2) is 9.37 Å². The molecule has 2 aromatic rings. The van der Waals surface area contributed by atoms with Crippen LogP contribution in [-0.4, -0.2) is 4.98 Å². The van der Waals surface area contributed by atoms with E-state index in [-0.39, 0.29) is 11.9 Å². The molecule has 0 saturated heterocycles. The lowest BCUT2D eigenvalue weighted by molar-refractivity contribution is 0.626. The zero-order valence-corrected chi connectivity index (χ0v) is 8.93. The summed E-state index contributed by atoms with van der Waals surface area (Å²) in [6, 6.07) is 4.75. The van der Waals surface area contributed by atoms with Gasteiger partial charge in [-0.1, -0.05) is 0 Å². The Balaban J connectivity index is 2.05. The molecule has 1 atom stereocenters. The van der Waals surface area contributed by atoms with Crippen molar-refractivity contribution in [1.29, 1.82) is 0 Å². The predicted molar refractivity (Wildman–Crippen MR) is 59.2 cm³/mol. The van der Waals surface area contributed by atoms with Crippen LogP contribution in [0.5, 0.6) is 0 Å². The van der Waals surface area contributed by atoms with E-state index in [1.54, 1.807) is 17.4 Å². The Labute approximate surface area is 90.9 Å². The molecular formula is C11H11FN2S. The minimum Gasteiger partial charge on any atom is -0.322 e. The van der Waals surface area contributed by atoms with Crippen LogP contribution in [0.4, 0.5) is 4.39 Å². The van der Waals surface area contributed by atoms with Gasteiger partial charge in [-0.05, 0) is 30.9 Å². The summed E-state index contributed by atoms with van der Waals surface area (Å²) in [6.45, 7) is 0. The summed E-state index contributed by atoms with van der Waals surface area (Å²) in [6.07, 6.45) is 2.40. The molecule has 2 nitrogen and oxygen atoms in total. The summed E-state index contributed by atoms with van der Waals surface area (Å²) in [5.74, 6) is 0.356. The van der Waals surface area contributed by atoms with E-state index in [0.29, 0.717) is 5.92 Å². The standard InChI is InChI=1S/C11H11FN2S/c12-7-3-4-9-8(5-7)14-11(15-9)10(13)6-1-2-6/h3-6,10H,1-2,13H2. The molecule has 0 amide bonds. The zero-order chi connectivity index (χ0) is 10.4. The number of halogens is 1. The normalized spacial score (nSPS) is 18.3. The number of hydrogen-bond acceptors (Lipinski definition) is 3. The fraction of sp³-hybridized carbons (Fsp3) is 0.364. The number of thiazole rings is 1. The van der Waals surface area contributed by atoms with Crippen LogP contribution in [0.15, 0.2) is 18.2 Å². The van der Waals surface area contributed by atoms with Crippen LogP contribution >= 0.6 is 11.3 Å². The van der Waals surface area contributed by atoms with Crippen LogP contribution in [-0.2, 0) is 0 Å². The number of hydrogen-bond donors (Lipinski definition) is 1. The van der Waals surface area contributed by atoms with Crippen molar-refractivity contribution in [2.24, 2.45) is 11.7 Å². The van der Waals surface area contributed by atoms with Crippen molar-refractivity contribution in [3.05, 3.63) is 29.0 Å². The maximum absolute atomic E-state index is 13.0. The number of aromatic nitrogens is 1. The van der Waals surface area contributed by atoms with Gasteiger partial charge in [0.05, 0.1) is 16.3 Å². The zero-order valence-electron chi connectivity index (χ0n) is 8.11. The third kappa shape index (κ3) is 1.64. The highest BCUT2D eigenvalue weighted by atomic mass is 32.1. The van der Waals surface area contributed by atoms with Crippen LogP contribution in [0.2, 0.25) is 0 Å². The molecule has 0 bridgehead atoms. The maximum atomic E-state index is 13.0. The number of benzene rings is 1. The summed E-state index contributed by atoms with van der Waals surface area (Å²) in [5.41, 5.74) is 6.78. The fourth-order valence-electron chi connectivity index (χ4n) is 1.72. The molecule has 0 aliphatic heterocycles. The van der Waals surface area contributed by atoms with Gasteiger partial charge in [0.15, 0.2) is 0 Å². The Morgan fingerprint density at radius 2 is 2.27 bits per heavy atom. The first-order chi connectivity index (χ1) is 7.24. The molecule has 3 rings (SSSR count). The minimum absolute atomic E-state index is 0.0467. The molecule has 1 heterocycles. The first-order valence-electron chi connectivity index (χ1n) is 5.05. The summed E-state index contributed by atoms with van der Waals surface area (Å²) in [4.78, 5) is 4.39. The summed E-state index contributed by atoms with van der Waals surface area (Å²) in [7, 11) is 0. The van der Waals surface area contributed by atoms with Gasteiger partial charge in [0.2, 0.25) is 0 Å². The second-order valence-corrected chi connectivity index (χ2v) is 5.09. The van der Waals surface area contributed by atoms with Crippen molar-refractivity contribution >= 4 is 21.6 Å². The van der Waals surface area contributed by atoms with Crippen LogP contribution in [0.25, 0.3) is 10.2 Å². The first kappa shape index (κ1) is 9.24. The summed E-state index contributed by atoms with van der Waals surface area (Å²) in [5, 5.41) is 0.943. The molecule has 1 aromatic carbocycles. The Hall–Kier alpha value is -1.00. The molecule has 1 fully saturated rings. The fourth-order valence-corrected chi connectivity index (χ4v) is 2.76. The molecule has 2 N–H and O–H groups in total. The first-order valence-corrected chi connectivity index (χ1v) is 5.87. The molecule has 15 heavy (non-hydrogen) atoms. The molecule has 0 radical (unpaired) electrons. The van der Waals surface area contributed by atoms with Gasteiger partial charge in [0.1, 0.15) is 10.8 Å². The number of nitrogens with zero attached hydrogens (tertiary/aromatic N) is 1. The lowest BCUT2D eigenvalue weighted by Gasteiger charge is -2.03. The van der Waals surface area contributed by atoms with E-state index in [1.165, 1.54) is 25.0 Å². The molecular weight excluding hydrogens is 211 g/mol. The van der Waals surface area contributed by atoms with E-state index in [4.69, 9.17) is 5.73 Å². The van der Waals surface area contributed by atoms with Crippen molar-refractivity contribution in [1.82, 2.24) is 4.98 Å². The lowest BCUT2D eigenvalue weighted by atomic mass is 10.2. The number of fused-ring (bicyclic) bond motifs is 1. The Bertz CT molecular complexity index is 504. The molecule has 1 aliphatic rings. The Kier molecular flexibility index (Phi) is 2.00. The van der Waals surface area contributed by atoms with Crippen molar-refractivity contribution in [2.75, 3.05) is 0 Å². The largest absolute Gasteiger partial charge is 0.322 e. The molecule has 1 saturated carbocycles. The summed E-state index contributed by atoms with van der Waals surface area (Å²) >= 11 is 1.58. The molecule has 0 spiro atoms. The molecule has 4 heteroatoms. The highest BCUT2D eigenvalue weighted by molar-refractivity contribution is 7.18. The highest BCUT2D eigenvalue weighted by Crippen LogP contribution is 2.41. The lowest BCUT2D eigenvalue weighted by Crippen LogP contribution is -2.11. The minimum atomic E-state index is -0.237. The highest BCUT2D eigenvalue weighted by Gasteiger charge is 2.31. The topological polar surface area (TPSA) is 38.9 Å². The van der Waals surface area contributed by atoms with E-state index >= 15 is 0 Å². The van der Waals surface area contributed by atoms with E-state index in [2.05, 4.69) is 4.98 Å². The van der Waals surface area contributed by atoms with Gasteiger partial charge in [0.25, 0.3) is 0 Å². The van der Waals surface area contributed by atoms with Crippen LogP contribution in [0.3, 0.4) is 0 Å². The van der Waals surface area contributed by atoms with E-state index in [0.717, 1.165) is 15.2 Å². The number of rotatable bonds is 2. The SMILES string of the molecule is NC(c1nc2cc(F)ccc2s1)C1CC1. The predicted octanol–water partition coefficient (Wildman–Crippen LogP) is 2.85. The molecule has 1 aliphatic carbocycles. The monoisotopic (exact) mass is 222 g/mol. The second-order valence-electron chi connectivity index (χ2n) is 4.03. The molecule has 1 aromatic heterocycles. The van der Waals surface area contributed by atoms with E-state index in [9.17, 15) is 4.39 Å². The van der Waals surface area contributed by atoms with Gasteiger partial charge in [0, 0.05) is 6.07 Å². The molecule has 78 valence electrons. The van der Waals surface area contributed by atoms with E-state index in [1.807, 2.05) is 0 Å². The Morgan fingerprint density at radius 1 is 1.47 bits per heavy atom. The average Bonchev–Trinajstić information content (AvgIpc) is 2.97. The number of nitrogens with two attached hydrogens (primary N) is 1. The van der Waals surface area contributed by atoms with Crippen molar-refractivity contribution in [3.63, 3.8) is 0 Å². The van der Waals surface area contributed by atoms with Crippen molar-refractivity contribution < 1.29 is 4.39 Å². The van der Waals surface area contributed by atoms with Crippen molar-refractivity contribution in [3.8, 4) is 0 Å². The van der Waals surface area contributed by atoms with E-state index < -0.39 is 0 Å². The molecule has 1 unspecified atom stereocenters. The Morgan fingerprint density at radius 3 is 3.00 bits per heavy atom.